The Kier molecular flexibility index (Phi) is 32.3. The van der Waals surface area contributed by atoms with Gasteiger partial charge in [0, 0.05) is 17.8 Å². The second kappa shape index (κ2) is 34.6. The van der Waals surface area contributed by atoms with Crippen LogP contribution in [-0.2, 0) is 16.1 Å². The highest BCUT2D eigenvalue weighted by Gasteiger charge is 2.08. The fourth-order valence-electron chi connectivity index (χ4n) is 6.12. The number of carbonyl (C=O) groups is 1. The van der Waals surface area contributed by atoms with E-state index < -0.39 is 0 Å². The first-order chi connectivity index (χ1) is 23.2. The fraction of sp³-hybridized carbons (Fsp3) is 0.833. The number of hydrogen-bond acceptors (Lipinski definition) is 4. The molecule has 0 aliphatic rings. The average molecular weight is 724 g/mol. The molecule has 47 heavy (non-hydrogen) atoms. The lowest BCUT2D eigenvalue weighted by molar-refractivity contribution is -0.144. The number of hydrogen-bond donors (Lipinski definition) is 0. The summed E-state index contributed by atoms with van der Waals surface area (Å²) in [5.74, 6) is 1.47. The number of ether oxygens (including phenoxy) is 3. The molecule has 0 fully saturated rings. The van der Waals surface area contributed by atoms with Gasteiger partial charge < -0.3 is 14.2 Å². The quantitative estimate of drug-likeness (QED) is 0.0393. The van der Waals surface area contributed by atoms with Gasteiger partial charge in [-0.25, -0.2) is 0 Å². The molecular formula is C42H75BrO4. The van der Waals surface area contributed by atoms with Gasteiger partial charge in [0.2, 0.25) is 0 Å². The first-order valence-corrected chi connectivity index (χ1v) is 21.4. The summed E-state index contributed by atoms with van der Waals surface area (Å²) in [6.45, 7) is 6.25. The highest BCUT2D eigenvalue weighted by molar-refractivity contribution is 9.09. The SMILES string of the molecule is CCCCCCCCCCCCCCCCOc1cc(COC(=O)CCCBr)cc(OCCCCCCCCCCCCCCC)c1. The standard InChI is InChI=1S/C42H75BrO4/c1-3-5-7-9-11-13-15-17-19-21-23-25-27-29-34-46-41-36-39(38-47-42(44)31-30-32-43)35-40(37-41)45-33-28-26-24-22-20-18-16-14-12-10-8-6-4-2/h35-37H,3-34,38H2,1-2H3. The van der Waals surface area contributed by atoms with Gasteiger partial charge in [-0.05, 0) is 37.0 Å². The van der Waals surface area contributed by atoms with Crippen LogP contribution < -0.4 is 9.47 Å². The zero-order valence-electron chi connectivity index (χ0n) is 31.1. The van der Waals surface area contributed by atoms with Crippen molar-refractivity contribution in [1.82, 2.24) is 0 Å². The second-order valence-corrected chi connectivity index (χ2v) is 14.6. The van der Waals surface area contributed by atoms with Gasteiger partial charge >= 0.3 is 5.97 Å². The largest absolute Gasteiger partial charge is 0.493 e. The van der Waals surface area contributed by atoms with Gasteiger partial charge in [0.1, 0.15) is 18.1 Å². The Bertz CT molecular complexity index is 814. The van der Waals surface area contributed by atoms with E-state index in [1.165, 1.54) is 161 Å². The molecule has 0 amide bonds. The predicted octanol–water partition coefficient (Wildman–Crippen LogP) is 14.2. The molecular weight excluding hydrogens is 648 g/mol. The second-order valence-electron chi connectivity index (χ2n) is 13.8. The molecule has 0 aliphatic heterocycles. The number of rotatable bonds is 36. The van der Waals surface area contributed by atoms with Crippen LogP contribution in [0.5, 0.6) is 11.5 Å². The van der Waals surface area contributed by atoms with E-state index in [1.807, 2.05) is 18.2 Å². The van der Waals surface area contributed by atoms with Crippen LogP contribution in [0.15, 0.2) is 18.2 Å². The number of halogens is 1. The number of unbranched alkanes of at least 4 members (excludes halogenated alkanes) is 25. The topological polar surface area (TPSA) is 44.8 Å². The van der Waals surface area contributed by atoms with Crippen molar-refractivity contribution < 1.29 is 19.0 Å². The molecule has 0 unspecified atom stereocenters. The number of esters is 1. The van der Waals surface area contributed by atoms with Gasteiger partial charge in [-0.2, -0.15) is 0 Å². The summed E-state index contributed by atoms with van der Waals surface area (Å²) in [6.07, 6.45) is 37.6. The van der Waals surface area contributed by atoms with Gasteiger partial charge in [0.15, 0.2) is 0 Å². The minimum atomic E-state index is -0.160. The number of benzene rings is 1. The molecule has 1 aromatic carbocycles. The number of carbonyl (C=O) groups excluding carboxylic acids is 1. The molecule has 0 radical (unpaired) electrons. The summed E-state index contributed by atoms with van der Waals surface area (Å²) in [6, 6.07) is 6.00. The predicted molar refractivity (Wildman–Crippen MR) is 206 cm³/mol. The van der Waals surface area contributed by atoms with Crippen LogP contribution in [0.2, 0.25) is 0 Å². The zero-order chi connectivity index (χ0) is 33.9. The van der Waals surface area contributed by atoms with Crippen molar-refractivity contribution in [3.05, 3.63) is 23.8 Å². The molecule has 0 spiro atoms. The molecule has 4 nitrogen and oxygen atoms in total. The summed E-state index contributed by atoms with van der Waals surface area (Å²) in [4.78, 5) is 12.1. The van der Waals surface area contributed by atoms with Crippen LogP contribution in [0.4, 0.5) is 0 Å². The average Bonchev–Trinajstić information content (AvgIpc) is 3.08. The molecule has 0 heterocycles. The summed E-state index contributed by atoms with van der Waals surface area (Å²) < 4.78 is 17.9. The van der Waals surface area contributed by atoms with E-state index in [1.54, 1.807) is 0 Å². The molecule has 0 atom stereocenters. The van der Waals surface area contributed by atoms with Gasteiger partial charge in [-0.1, -0.05) is 190 Å². The van der Waals surface area contributed by atoms with E-state index in [0.29, 0.717) is 19.6 Å². The van der Waals surface area contributed by atoms with E-state index in [9.17, 15) is 4.79 Å². The molecule has 0 aromatic heterocycles. The maximum atomic E-state index is 12.1. The first-order valence-electron chi connectivity index (χ1n) is 20.3. The molecule has 0 bridgehead atoms. The first kappa shape index (κ1) is 43.8. The minimum Gasteiger partial charge on any atom is -0.493 e. The lowest BCUT2D eigenvalue weighted by atomic mass is 10.0. The van der Waals surface area contributed by atoms with Crippen molar-refractivity contribution in [2.75, 3.05) is 18.5 Å². The molecule has 0 aliphatic carbocycles. The van der Waals surface area contributed by atoms with Crippen LogP contribution in [0.3, 0.4) is 0 Å². The Balaban J connectivity index is 2.26. The van der Waals surface area contributed by atoms with E-state index in [2.05, 4.69) is 29.8 Å². The van der Waals surface area contributed by atoms with Crippen molar-refractivity contribution in [1.29, 1.82) is 0 Å². The summed E-state index contributed by atoms with van der Waals surface area (Å²) in [5.41, 5.74) is 0.927. The van der Waals surface area contributed by atoms with Crippen molar-refractivity contribution in [3.8, 4) is 11.5 Å². The Morgan fingerprint density at radius 3 is 1.17 bits per heavy atom. The number of alkyl halides is 1. The summed E-state index contributed by atoms with van der Waals surface area (Å²) >= 11 is 3.38. The maximum Gasteiger partial charge on any atom is 0.306 e. The van der Waals surface area contributed by atoms with Crippen molar-refractivity contribution in [3.63, 3.8) is 0 Å². The molecule has 274 valence electrons. The van der Waals surface area contributed by atoms with Gasteiger partial charge in [-0.15, -0.1) is 0 Å². The van der Waals surface area contributed by atoms with E-state index in [4.69, 9.17) is 14.2 Å². The lowest BCUT2D eigenvalue weighted by Gasteiger charge is -2.13. The van der Waals surface area contributed by atoms with Crippen molar-refractivity contribution >= 4 is 21.9 Å². The Labute approximate surface area is 300 Å². The molecule has 1 aromatic rings. The summed E-state index contributed by atoms with van der Waals surface area (Å²) in [7, 11) is 0. The molecule has 0 saturated heterocycles. The van der Waals surface area contributed by atoms with Crippen LogP contribution in [-0.4, -0.2) is 24.5 Å². The molecule has 5 heteroatoms. The van der Waals surface area contributed by atoms with E-state index >= 15 is 0 Å². The Morgan fingerprint density at radius 1 is 0.489 bits per heavy atom. The van der Waals surface area contributed by atoms with Gasteiger partial charge in [-0.3, -0.25) is 4.79 Å². The monoisotopic (exact) mass is 722 g/mol. The minimum absolute atomic E-state index is 0.160. The lowest BCUT2D eigenvalue weighted by Crippen LogP contribution is -2.06. The van der Waals surface area contributed by atoms with Crippen molar-refractivity contribution in [2.45, 2.75) is 207 Å². The molecule has 1 rings (SSSR count). The maximum absolute atomic E-state index is 12.1. The highest BCUT2D eigenvalue weighted by atomic mass is 79.9. The van der Waals surface area contributed by atoms with E-state index in [-0.39, 0.29) is 12.6 Å². The van der Waals surface area contributed by atoms with Crippen LogP contribution >= 0.6 is 15.9 Å². The zero-order valence-corrected chi connectivity index (χ0v) is 32.7. The van der Waals surface area contributed by atoms with Crippen LogP contribution in [0.1, 0.15) is 206 Å². The van der Waals surface area contributed by atoms with Crippen LogP contribution in [0, 0.1) is 0 Å². The van der Waals surface area contributed by atoms with E-state index in [0.717, 1.165) is 41.7 Å². The Morgan fingerprint density at radius 2 is 0.830 bits per heavy atom. The third-order valence-electron chi connectivity index (χ3n) is 9.14. The smallest absolute Gasteiger partial charge is 0.306 e. The normalized spacial score (nSPS) is 11.2. The van der Waals surface area contributed by atoms with Gasteiger partial charge in [0.25, 0.3) is 0 Å². The molecule has 0 saturated carbocycles. The molecule has 0 N–H and O–H groups in total. The van der Waals surface area contributed by atoms with Crippen molar-refractivity contribution in [2.24, 2.45) is 0 Å². The fourth-order valence-corrected chi connectivity index (χ4v) is 6.40. The third kappa shape index (κ3) is 29.4. The highest BCUT2D eigenvalue weighted by Crippen LogP contribution is 2.25. The summed E-state index contributed by atoms with van der Waals surface area (Å²) in [5, 5.41) is 0.807. The van der Waals surface area contributed by atoms with Crippen LogP contribution in [0.25, 0.3) is 0 Å². The van der Waals surface area contributed by atoms with Gasteiger partial charge in [0.05, 0.1) is 13.2 Å². The Hall–Kier alpha value is -1.23. The third-order valence-corrected chi connectivity index (χ3v) is 9.70.